The number of hydrogen-bond donors (Lipinski definition) is 1. The van der Waals surface area contributed by atoms with E-state index in [1.807, 2.05) is 68.7 Å². The van der Waals surface area contributed by atoms with Crippen molar-refractivity contribution < 1.29 is 9.53 Å². The topological polar surface area (TPSA) is 59.4 Å². The van der Waals surface area contributed by atoms with Gasteiger partial charge in [0.2, 0.25) is 0 Å². The predicted molar refractivity (Wildman–Crippen MR) is 119 cm³/mol. The number of hydrogen-bond acceptors (Lipinski definition) is 4. The number of carbonyl (C=O) groups excluding carboxylic acids is 1. The van der Waals surface area contributed by atoms with Gasteiger partial charge >= 0.3 is 0 Å². The van der Waals surface area contributed by atoms with Gasteiger partial charge in [0.1, 0.15) is 10.9 Å². The highest BCUT2D eigenvalue weighted by Gasteiger charge is 2.22. The summed E-state index contributed by atoms with van der Waals surface area (Å²) in [6.07, 6.45) is 0. The SMILES string of the molecule is COc1ccc(C(CNC(=O)c2c(C)nn(Cc3ccccc3)c2Cl)N(C)C)cc1. The number of nitrogens with one attached hydrogen (secondary N) is 1. The Bertz CT molecular complexity index is 984. The van der Waals surface area contributed by atoms with Crippen LogP contribution in [0.15, 0.2) is 54.6 Å². The minimum atomic E-state index is -0.225. The number of benzene rings is 2. The molecule has 3 aromatic rings. The maximum atomic E-state index is 12.9. The molecule has 0 fully saturated rings. The Balaban J connectivity index is 1.73. The molecule has 30 heavy (non-hydrogen) atoms. The molecule has 3 rings (SSSR count). The summed E-state index contributed by atoms with van der Waals surface area (Å²) in [5.41, 5.74) is 3.18. The van der Waals surface area contributed by atoms with Gasteiger partial charge in [0.25, 0.3) is 5.91 Å². The van der Waals surface area contributed by atoms with Crippen LogP contribution in [0.25, 0.3) is 0 Å². The highest BCUT2D eigenvalue weighted by molar-refractivity contribution is 6.33. The molecule has 0 aliphatic heterocycles. The van der Waals surface area contributed by atoms with E-state index in [2.05, 4.69) is 15.3 Å². The summed E-state index contributed by atoms with van der Waals surface area (Å²) in [5, 5.41) is 7.83. The Kier molecular flexibility index (Phi) is 7.13. The lowest BCUT2D eigenvalue weighted by molar-refractivity contribution is 0.0941. The maximum Gasteiger partial charge on any atom is 0.256 e. The Morgan fingerprint density at radius 2 is 1.83 bits per heavy atom. The quantitative estimate of drug-likeness (QED) is 0.592. The molecule has 1 unspecified atom stereocenters. The minimum absolute atomic E-state index is 0.0123. The van der Waals surface area contributed by atoms with Gasteiger partial charge < -0.3 is 15.0 Å². The van der Waals surface area contributed by atoms with Crippen LogP contribution in [0.3, 0.4) is 0 Å². The summed E-state index contributed by atoms with van der Waals surface area (Å²) >= 11 is 6.52. The van der Waals surface area contributed by atoms with E-state index in [4.69, 9.17) is 16.3 Å². The van der Waals surface area contributed by atoms with Crippen molar-refractivity contribution in [3.05, 3.63) is 82.1 Å². The molecule has 0 saturated heterocycles. The first-order chi connectivity index (χ1) is 14.4. The molecule has 6 nitrogen and oxygen atoms in total. The molecule has 0 aliphatic rings. The van der Waals surface area contributed by atoms with Crippen LogP contribution in [-0.2, 0) is 6.54 Å². The second-order valence-corrected chi connectivity index (χ2v) is 7.72. The molecule has 1 atom stereocenters. The van der Waals surface area contributed by atoms with Crippen LogP contribution in [0.1, 0.15) is 33.2 Å². The zero-order valence-corrected chi connectivity index (χ0v) is 18.5. The van der Waals surface area contributed by atoms with Crippen molar-refractivity contribution in [2.75, 3.05) is 27.7 Å². The highest BCUT2D eigenvalue weighted by atomic mass is 35.5. The van der Waals surface area contributed by atoms with Crippen LogP contribution in [0, 0.1) is 6.92 Å². The van der Waals surface area contributed by atoms with Crippen LogP contribution >= 0.6 is 11.6 Å². The number of likely N-dealkylation sites (N-methyl/N-ethyl adjacent to an activating group) is 1. The molecule has 1 N–H and O–H groups in total. The number of aromatic nitrogens is 2. The zero-order chi connectivity index (χ0) is 21.7. The first-order valence-electron chi connectivity index (χ1n) is 9.76. The van der Waals surface area contributed by atoms with E-state index in [-0.39, 0.29) is 11.9 Å². The van der Waals surface area contributed by atoms with Crippen molar-refractivity contribution in [2.45, 2.75) is 19.5 Å². The second kappa shape index (κ2) is 9.78. The third-order valence-electron chi connectivity index (χ3n) is 5.05. The van der Waals surface area contributed by atoms with Crippen LogP contribution < -0.4 is 10.1 Å². The molecule has 1 amide bonds. The van der Waals surface area contributed by atoms with E-state index >= 15 is 0 Å². The molecule has 0 spiro atoms. The van der Waals surface area contributed by atoms with Gasteiger partial charge in [-0.3, -0.25) is 4.79 Å². The Morgan fingerprint density at radius 1 is 1.17 bits per heavy atom. The lowest BCUT2D eigenvalue weighted by atomic mass is 10.1. The first-order valence-corrected chi connectivity index (χ1v) is 10.1. The van der Waals surface area contributed by atoms with Crippen LogP contribution in [-0.4, -0.2) is 48.3 Å². The second-order valence-electron chi connectivity index (χ2n) is 7.36. The summed E-state index contributed by atoms with van der Waals surface area (Å²) in [6.45, 7) is 2.76. The average Bonchev–Trinajstić information content (AvgIpc) is 3.02. The number of halogens is 1. The van der Waals surface area contributed by atoms with Gasteiger partial charge in [0, 0.05) is 6.54 Å². The molecule has 0 bridgehead atoms. The number of ether oxygens (including phenoxy) is 1. The van der Waals surface area contributed by atoms with E-state index in [0.29, 0.717) is 29.5 Å². The average molecular weight is 427 g/mol. The fourth-order valence-corrected chi connectivity index (χ4v) is 3.69. The number of amides is 1. The maximum absolute atomic E-state index is 12.9. The zero-order valence-electron chi connectivity index (χ0n) is 17.7. The molecule has 0 aliphatic carbocycles. The van der Waals surface area contributed by atoms with Crippen molar-refractivity contribution in [2.24, 2.45) is 0 Å². The smallest absolute Gasteiger partial charge is 0.256 e. The largest absolute Gasteiger partial charge is 0.497 e. The summed E-state index contributed by atoms with van der Waals surface area (Å²) in [6, 6.07) is 17.8. The van der Waals surface area contributed by atoms with Gasteiger partial charge in [-0.1, -0.05) is 54.1 Å². The first kappa shape index (κ1) is 21.9. The van der Waals surface area contributed by atoms with Crippen molar-refractivity contribution in [1.29, 1.82) is 0 Å². The number of methoxy groups -OCH3 is 1. The van der Waals surface area contributed by atoms with Gasteiger partial charge in [-0.25, -0.2) is 4.68 Å². The standard InChI is InChI=1S/C23H27ClN4O2/c1-16-21(22(24)28(26-16)15-17-8-6-5-7-9-17)23(29)25-14-20(27(2)3)18-10-12-19(30-4)13-11-18/h5-13,20H,14-15H2,1-4H3,(H,25,29). The predicted octanol–water partition coefficient (Wildman–Crippen LogP) is 3.93. The third kappa shape index (κ3) is 5.01. The monoisotopic (exact) mass is 426 g/mol. The van der Waals surface area contributed by atoms with E-state index < -0.39 is 0 Å². The Hall–Kier alpha value is -2.83. The molecule has 1 aromatic heterocycles. The molecule has 0 radical (unpaired) electrons. The molecular weight excluding hydrogens is 400 g/mol. The van der Waals surface area contributed by atoms with Crippen LogP contribution in [0.5, 0.6) is 5.75 Å². The molecular formula is C23H27ClN4O2. The van der Waals surface area contributed by atoms with Gasteiger partial charge in [0.15, 0.2) is 0 Å². The van der Waals surface area contributed by atoms with E-state index in [1.54, 1.807) is 18.7 Å². The van der Waals surface area contributed by atoms with Gasteiger partial charge in [0.05, 0.1) is 31.0 Å². The number of aryl methyl sites for hydroxylation is 1. The third-order valence-corrected chi connectivity index (χ3v) is 5.43. The molecule has 0 saturated carbocycles. The van der Waals surface area contributed by atoms with Gasteiger partial charge in [-0.2, -0.15) is 5.10 Å². The Morgan fingerprint density at radius 3 is 2.43 bits per heavy atom. The molecule has 1 heterocycles. The Labute approximate surface area is 182 Å². The summed E-state index contributed by atoms with van der Waals surface area (Å²) in [7, 11) is 5.61. The van der Waals surface area contributed by atoms with Crippen molar-refractivity contribution in [3.63, 3.8) is 0 Å². The van der Waals surface area contributed by atoms with E-state index in [1.165, 1.54) is 0 Å². The fourth-order valence-electron chi connectivity index (χ4n) is 3.37. The molecule has 7 heteroatoms. The lowest BCUT2D eigenvalue weighted by Gasteiger charge is -2.25. The van der Waals surface area contributed by atoms with Crippen LogP contribution in [0.2, 0.25) is 5.15 Å². The fraction of sp³-hybridized carbons (Fsp3) is 0.304. The minimum Gasteiger partial charge on any atom is -0.497 e. The summed E-state index contributed by atoms with van der Waals surface area (Å²) in [4.78, 5) is 15.0. The molecule has 2 aromatic carbocycles. The summed E-state index contributed by atoms with van der Waals surface area (Å²) < 4.78 is 6.89. The van der Waals surface area contributed by atoms with Gasteiger partial charge in [-0.15, -0.1) is 0 Å². The lowest BCUT2D eigenvalue weighted by Crippen LogP contribution is -2.34. The summed E-state index contributed by atoms with van der Waals surface area (Å²) in [5.74, 6) is 0.575. The number of rotatable bonds is 8. The van der Waals surface area contributed by atoms with Crippen molar-refractivity contribution in [1.82, 2.24) is 20.0 Å². The van der Waals surface area contributed by atoms with Crippen molar-refractivity contribution >= 4 is 17.5 Å². The van der Waals surface area contributed by atoms with Crippen molar-refractivity contribution in [3.8, 4) is 5.75 Å². The van der Waals surface area contributed by atoms with E-state index in [9.17, 15) is 4.79 Å². The number of carbonyl (C=O) groups is 1. The van der Waals surface area contributed by atoms with E-state index in [0.717, 1.165) is 16.9 Å². The molecule has 158 valence electrons. The highest BCUT2D eigenvalue weighted by Crippen LogP contribution is 2.23. The van der Waals surface area contributed by atoms with Gasteiger partial charge in [-0.05, 0) is 44.3 Å². The normalized spacial score (nSPS) is 12.1. The van der Waals surface area contributed by atoms with Crippen LogP contribution in [0.4, 0.5) is 0 Å². The number of nitrogens with zero attached hydrogens (tertiary/aromatic N) is 3.